The molecule has 2 rings (SSSR count). The van der Waals surface area contributed by atoms with Gasteiger partial charge in [0.1, 0.15) is 6.61 Å². The van der Waals surface area contributed by atoms with Crippen LogP contribution in [0.25, 0.3) is 0 Å². The summed E-state index contributed by atoms with van der Waals surface area (Å²) in [6.07, 6.45) is -2.29. The van der Waals surface area contributed by atoms with Crippen LogP contribution in [0.2, 0.25) is 0 Å². The molecule has 2 fully saturated rings. The van der Waals surface area contributed by atoms with E-state index in [0.717, 1.165) is 12.8 Å². The lowest BCUT2D eigenvalue weighted by molar-refractivity contribution is -0.321. The molecule has 0 aromatic heterocycles. The van der Waals surface area contributed by atoms with Crippen molar-refractivity contribution in [2.24, 2.45) is 28.9 Å². The molecular weight excluding hydrogens is 419 g/mol. The molecule has 1 saturated carbocycles. The van der Waals surface area contributed by atoms with Gasteiger partial charge in [-0.3, -0.25) is 23.9 Å². The molecule has 3 amide bonds. The van der Waals surface area contributed by atoms with Crippen molar-refractivity contribution in [2.75, 3.05) is 13.2 Å². The highest BCUT2D eigenvalue weighted by atomic mass is 19.4. The van der Waals surface area contributed by atoms with E-state index in [-0.39, 0.29) is 17.7 Å². The van der Waals surface area contributed by atoms with Crippen LogP contribution in [0.5, 0.6) is 0 Å². The Balaban J connectivity index is 2.17. The molecule has 1 heterocycles. The molecule has 1 aliphatic heterocycles. The van der Waals surface area contributed by atoms with Crippen molar-refractivity contribution in [2.45, 2.75) is 64.8 Å². The zero-order chi connectivity index (χ0) is 23.4. The fraction of sp³-hybridized carbons (Fsp3) is 0.800. The van der Waals surface area contributed by atoms with E-state index in [4.69, 9.17) is 5.73 Å². The second-order valence-electron chi connectivity index (χ2n) is 8.81. The molecule has 1 unspecified atom stereocenters. The second kappa shape index (κ2) is 9.97. The molecule has 1 saturated heterocycles. The summed E-state index contributed by atoms with van der Waals surface area (Å²) in [5.74, 6) is -4.78. The molecule has 0 aromatic carbocycles. The lowest BCUT2D eigenvalue weighted by Gasteiger charge is -2.28. The second-order valence-corrected chi connectivity index (χ2v) is 8.81. The number of ketones is 1. The Morgan fingerprint density at radius 1 is 1.29 bits per heavy atom. The van der Waals surface area contributed by atoms with Crippen LogP contribution in [0, 0.1) is 23.2 Å². The first kappa shape index (κ1) is 25.1. The molecule has 176 valence electrons. The third-order valence-corrected chi connectivity index (χ3v) is 6.21. The number of amides is 3. The number of nitrogens with one attached hydrogen (secondary N) is 2. The van der Waals surface area contributed by atoms with Gasteiger partial charge in [-0.1, -0.05) is 13.8 Å². The highest BCUT2D eigenvalue weighted by Crippen LogP contribution is 2.51. The predicted molar refractivity (Wildman–Crippen MR) is 103 cm³/mol. The van der Waals surface area contributed by atoms with Crippen LogP contribution >= 0.6 is 0 Å². The number of primary amides is 1. The van der Waals surface area contributed by atoms with Crippen LogP contribution in [0.3, 0.4) is 0 Å². The molecule has 0 radical (unpaired) electrons. The van der Waals surface area contributed by atoms with Crippen LogP contribution in [0.15, 0.2) is 0 Å². The molecule has 2 aliphatic rings. The Morgan fingerprint density at radius 3 is 2.39 bits per heavy atom. The minimum absolute atomic E-state index is 0.116. The fourth-order valence-corrected chi connectivity index (χ4v) is 4.01. The summed E-state index contributed by atoms with van der Waals surface area (Å²) in [7, 11) is 0. The maximum Gasteiger partial charge on any atom is 0.522 e. The largest absolute Gasteiger partial charge is 0.522 e. The van der Waals surface area contributed by atoms with Crippen molar-refractivity contribution in [1.29, 1.82) is 0 Å². The first-order valence-corrected chi connectivity index (χ1v) is 10.5. The molecular formula is C20H30F3N3O5. The number of nitrogens with two attached hydrogens (primary N) is 1. The Bertz CT molecular complexity index is 709. The summed E-state index contributed by atoms with van der Waals surface area (Å²) < 4.78 is 40.8. The maximum absolute atomic E-state index is 13.1. The summed E-state index contributed by atoms with van der Waals surface area (Å²) in [5.41, 5.74) is 5.36. The molecule has 4 N–H and O–H groups in total. The third-order valence-electron chi connectivity index (χ3n) is 6.21. The van der Waals surface area contributed by atoms with E-state index >= 15 is 0 Å². The average molecular weight is 449 g/mol. The topological polar surface area (TPSA) is 128 Å². The monoisotopic (exact) mass is 449 g/mol. The fourth-order valence-electron chi connectivity index (χ4n) is 4.01. The number of ether oxygens (including phenoxy) is 1. The Labute approximate surface area is 178 Å². The Hall–Kier alpha value is -2.17. The first-order chi connectivity index (χ1) is 14.3. The van der Waals surface area contributed by atoms with Gasteiger partial charge in [0.2, 0.25) is 17.7 Å². The normalized spacial score (nSPS) is 22.9. The van der Waals surface area contributed by atoms with Gasteiger partial charge in [-0.25, -0.2) is 0 Å². The zero-order valence-corrected chi connectivity index (χ0v) is 17.7. The molecule has 0 spiro atoms. The van der Waals surface area contributed by atoms with E-state index in [0.29, 0.717) is 25.8 Å². The highest BCUT2D eigenvalue weighted by molar-refractivity contribution is 5.93. The molecule has 0 bridgehead atoms. The van der Waals surface area contributed by atoms with Gasteiger partial charge in [-0.05, 0) is 43.9 Å². The van der Waals surface area contributed by atoms with Gasteiger partial charge in [-0.15, -0.1) is 13.2 Å². The summed E-state index contributed by atoms with van der Waals surface area (Å²) in [5, 5.41) is 5.09. The summed E-state index contributed by atoms with van der Waals surface area (Å²) in [6, 6.07) is -1.34. The number of carbonyl (C=O) groups excluding carboxylic acids is 4. The van der Waals surface area contributed by atoms with Crippen molar-refractivity contribution in [1.82, 2.24) is 10.6 Å². The van der Waals surface area contributed by atoms with Gasteiger partial charge >= 0.3 is 6.36 Å². The van der Waals surface area contributed by atoms with Crippen molar-refractivity contribution in [3.05, 3.63) is 0 Å². The Morgan fingerprint density at radius 2 is 1.94 bits per heavy atom. The van der Waals surface area contributed by atoms with Crippen LogP contribution in [-0.2, 0) is 23.9 Å². The van der Waals surface area contributed by atoms with E-state index in [9.17, 15) is 32.3 Å². The third kappa shape index (κ3) is 7.48. The van der Waals surface area contributed by atoms with Gasteiger partial charge in [0.25, 0.3) is 0 Å². The lowest BCUT2D eigenvalue weighted by Crippen LogP contribution is -2.49. The summed E-state index contributed by atoms with van der Waals surface area (Å²) >= 11 is 0. The Kier molecular flexibility index (Phi) is 8.07. The van der Waals surface area contributed by atoms with Gasteiger partial charge in [-0.2, -0.15) is 0 Å². The standard InChI is InChI=1S/C20H30F3N3O5/c1-3-12(16(24)28)13(9-19(2)5-6-19)18(30)26-14(8-11-4-7-25-17(11)29)15(27)10-31-20(21,22)23/h11-14H,3-10H2,1-2H3,(H2,24,28)(H,25,29)(H,26,30)/t11-,12?,13+,14-/m0/s1. The van der Waals surface area contributed by atoms with Gasteiger partial charge in [0, 0.05) is 18.4 Å². The lowest BCUT2D eigenvalue weighted by atomic mass is 9.80. The van der Waals surface area contributed by atoms with E-state index in [1.54, 1.807) is 6.92 Å². The summed E-state index contributed by atoms with van der Waals surface area (Å²) in [6.45, 7) is 2.80. The molecule has 11 heteroatoms. The van der Waals surface area contributed by atoms with Crippen molar-refractivity contribution in [3.8, 4) is 0 Å². The van der Waals surface area contributed by atoms with E-state index < -0.39 is 54.4 Å². The predicted octanol–water partition coefficient (Wildman–Crippen LogP) is 1.42. The van der Waals surface area contributed by atoms with Crippen LogP contribution in [0.4, 0.5) is 13.2 Å². The minimum atomic E-state index is -5.00. The number of rotatable bonds is 12. The SMILES string of the molecule is CCC(C(N)=O)[C@@H](CC1(C)CC1)C(=O)N[C@@H](C[C@@H]1CCNC1=O)C(=O)COC(F)(F)F. The van der Waals surface area contributed by atoms with E-state index in [2.05, 4.69) is 15.4 Å². The zero-order valence-electron chi connectivity index (χ0n) is 17.7. The maximum atomic E-state index is 13.1. The molecule has 31 heavy (non-hydrogen) atoms. The van der Waals surface area contributed by atoms with Crippen LogP contribution in [0.1, 0.15) is 52.4 Å². The molecule has 0 aromatic rings. The van der Waals surface area contributed by atoms with Gasteiger partial charge in [0.15, 0.2) is 5.78 Å². The number of hydrogen-bond acceptors (Lipinski definition) is 5. The summed E-state index contributed by atoms with van der Waals surface area (Å²) in [4.78, 5) is 49.4. The number of alkyl halides is 3. The van der Waals surface area contributed by atoms with Crippen LogP contribution in [-0.4, -0.2) is 49.1 Å². The number of halogens is 3. The van der Waals surface area contributed by atoms with E-state index in [1.807, 2.05) is 6.92 Å². The first-order valence-electron chi connectivity index (χ1n) is 10.5. The number of Topliss-reactive ketones (excluding diaryl/α,β-unsaturated/α-hetero) is 1. The van der Waals surface area contributed by atoms with Gasteiger partial charge < -0.3 is 16.4 Å². The van der Waals surface area contributed by atoms with Gasteiger partial charge in [0.05, 0.1) is 12.0 Å². The number of carbonyl (C=O) groups is 4. The highest BCUT2D eigenvalue weighted by Gasteiger charge is 2.45. The molecule has 8 nitrogen and oxygen atoms in total. The smallest absolute Gasteiger partial charge is 0.369 e. The molecule has 1 aliphatic carbocycles. The number of hydrogen-bond donors (Lipinski definition) is 3. The minimum Gasteiger partial charge on any atom is -0.369 e. The van der Waals surface area contributed by atoms with Crippen molar-refractivity contribution >= 4 is 23.5 Å². The van der Waals surface area contributed by atoms with Crippen LogP contribution < -0.4 is 16.4 Å². The quantitative estimate of drug-likeness (QED) is 0.415. The molecule has 4 atom stereocenters. The van der Waals surface area contributed by atoms with E-state index in [1.165, 1.54) is 0 Å². The van der Waals surface area contributed by atoms with Crippen molar-refractivity contribution in [3.63, 3.8) is 0 Å². The average Bonchev–Trinajstić information content (AvgIpc) is 3.26. The van der Waals surface area contributed by atoms with Crippen molar-refractivity contribution < 1.29 is 37.1 Å².